The normalized spacial score (nSPS) is 25.3. The van der Waals surface area contributed by atoms with Crippen LogP contribution >= 0.6 is 0 Å². The van der Waals surface area contributed by atoms with Crippen molar-refractivity contribution in [1.82, 2.24) is 0 Å². The molecular weight excluding hydrogens is 222 g/mol. The molecule has 2 N–H and O–H groups in total. The number of ether oxygens (including phenoxy) is 1. The van der Waals surface area contributed by atoms with Crippen LogP contribution in [0, 0.1) is 0 Å². The van der Waals surface area contributed by atoms with Gasteiger partial charge in [0.2, 0.25) is 0 Å². The van der Waals surface area contributed by atoms with Crippen molar-refractivity contribution in [2.45, 2.75) is 64.2 Å². The largest absolute Gasteiger partial charge is 0.373 e. The predicted molar refractivity (Wildman–Crippen MR) is 75.6 cm³/mol. The fourth-order valence-electron chi connectivity index (χ4n) is 2.60. The van der Waals surface area contributed by atoms with Crippen molar-refractivity contribution < 1.29 is 4.74 Å². The summed E-state index contributed by atoms with van der Waals surface area (Å²) >= 11 is 0. The number of rotatable bonds is 5. The predicted octanol–water partition coefficient (Wildman–Crippen LogP) is 3.60. The Hall–Kier alpha value is -0.860. The van der Waals surface area contributed by atoms with Crippen molar-refractivity contribution in [2.24, 2.45) is 5.73 Å². The van der Waals surface area contributed by atoms with Crippen molar-refractivity contribution >= 4 is 0 Å². The van der Waals surface area contributed by atoms with Gasteiger partial charge in [0.1, 0.15) is 0 Å². The van der Waals surface area contributed by atoms with E-state index in [2.05, 4.69) is 38.1 Å². The lowest BCUT2D eigenvalue weighted by molar-refractivity contribution is 0.0401. The fraction of sp³-hybridized carbons (Fsp3) is 0.625. The number of hydrogen-bond donors (Lipinski definition) is 1. The zero-order chi connectivity index (χ0) is 13.0. The van der Waals surface area contributed by atoms with Gasteiger partial charge in [0, 0.05) is 0 Å². The average Bonchev–Trinajstić information content (AvgIpc) is 2.83. The zero-order valence-electron chi connectivity index (χ0n) is 11.6. The molecule has 2 heteroatoms. The van der Waals surface area contributed by atoms with Crippen molar-refractivity contribution in [3.05, 3.63) is 35.4 Å². The molecule has 1 aliphatic heterocycles. The quantitative estimate of drug-likeness (QED) is 0.863. The van der Waals surface area contributed by atoms with Gasteiger partial charge in [-0.3, -0.25) is 0 Å². The highest BCUT2D eigenvalue weighted by atomic mass is 16.5. The van der Waals surface area contributed by atoms with E-state index in [1.165, 1.54) is 30.4 Å². The topological polar surface area (TPSA) is 35.2 Å². The summed E-state index contributed by atoms with van der Waals surface area (Å²) in [7, 11) is 0. The molecule has 2 rings (SSSR count). The van der Waals surface area contributed by atoms with E-state index in [-0.39, 0.29) is 12.1 Å². The first-order valence-electron chi connectivity index (χ1n) is 7.20. The Morgan fingerprint density at radius 1 is 1.28 bits per heavy atom. The first kappa shape index (κ1) is 13.6. The highest BCUT2D eigenvalue weighted by Gasteiger charge is 2.28. The molecule has 0 spiro atoms. The highest BCUT2D eigenvalue weighted by molar-refractivity contribution is 5.25. The molecule has 3 unspecified atom stereocenters. The van der Waals surface area contributed by atoms with Crippen molar-refractivity contribution in [3.8, 4) is 0 Å². The van der Waals surface area contributed by atoms with Crippen LogP contribution in [0.2, 0.25) is 0 Å². The van der Waals surface area contributed by atoms with Gasteiger partial charge in [0.05, 0.1) is 18.2 Å². The monoisotopic (exact) mass is 247 g/mol. The molecule has 3 atom stereocenters. The smallest absolute Gasteiger partial charge is 0.0772 e. The molecular formula is C16H25NO. The standard InChI is InChI=1S/C16H25NO/c1-3-4-5-13-7-9-14(10-8-13)16(17)15-11-6-12(2)18-15/h7-10,12,15-16H,3-6,11,17H2,1-2H3. The molecule has 1 aliphatic rings. The number of unbranched alkanes of at least 4 members (excludes halogenated alkanes) is 1. The number of hydrogen-bond acceptors (Lipinski definition) is 2. The maximum atomic E-state index is 6.29. The Balaban J connectivity index is 1.96. The number of benzene rings is 1. The molecule has 100 valence electrons. The molecule has 0 amide bonds. The molecule has 1 aromatic rings. The van der Waals surface area contributed by atoms with E-state index in [0.717, 1.165) is 12.8 Å². The fourth-order valence-corrected chi connectivity index (χ4v) is 2.60. The highest BCUT2D eigenvalue weighted by Crippen LogP contribution is 2.28. The first-order valence-corrected chi connectivity index (χ1v) is 7.20. The van der Waals surface area contributed by atoms with Gasteiger partial charge in [-0.25, -0.2) is 0 Å². The van der Waals surface area contributed by atoms with E-state index in [4.69, 9.17) is 10.5 Å². The molecule has 1 heterocycles. The summed E-state index contributed by atoms with van der Waals surface area (Å²) in [6.45, 7) is 4.35. The molecule has 1 saturated heterocycles. The Morgan fingerprint density at radius 3 is 2.56 bits per heavy atom. The zero-order valence-corrected chi connectivity index (χ0v) is 11.6. The summed E-state index contributed by atoms with van der Waals surface area (Å²) in [5.41, 5.74) is 8.90. The first-order chi connectivity index (χ1) is 8.70. The second kappa shape index (κ2) is 6.35. The van der Waals surface area contributed by atoms with Gasteiger partial charge in [-0.1, -0.05) is 37.6 Å². The Kier molecular flexibility index (Phi) is 4.79. The number of aryl methyl sites for hydroxylation is 1. The average molecular weight is 247 g/mol. The summed E-state index contributed by atoms with van der Waals surface area (Å²) in [5, 5.41) is 0. The Morgan fingerprint density at radius 2 is 2.00 bits per heavy atom. The van der Waals surface area contributed by atoms with Crippen LogP contribution in [-0.4, -0.2) is 12.2 Å². The minimum atomic E-state index is 0.0233. The molecule has 1 fully saturated rings. The lowest BCUT2D eigenvalue weighted by Crippen LogP contribution is -2.26. The Labute approximate surface area is 111 Å². The van der Waals surface area contributed by atoms with Crippen LogP contribution in [0.4, 0.5) is 0 Å². The lowest BCUT2D eigenvalue weighted by Gasteiger charge is -2.20. The van der Waals surface area contributed by atoms with Crippen molar-refractivity contribution in [3.63, 3.8) is 0 Å². The van der Waals surface area contributed by atoms with Crippen LogP contribution in [-0.2, 0) is 11.2 Å². The molecule has 0 saturated carbocycles. The molecule has 18 heavy (non-hydrogen) atoms. The van der Waals surface area contributed by atoms with Gasteiger partial charge in [0.25, 0.3) is 0 Å². The van der Waals surface area contributed by atoms with Crippen LogP contribution in [0.15, 0.2) is 24.3 Å². The second-order valence-electron chi connectivity index (χ2n) is 5.43. The van der Waals surface area contributed by atoms with Crippen LogP contribution in [0.5, 0.6) is 0 Å². The molecule has 1 aromatic carbocycles. The third-order valence-corrected chi connectivity index (χ3v) is 3.85. The van der Waals surface area contributed by atoms with Crippen LogP contribution in [0.1, 0.15) is 56.7 Å². The number of nitrogens with two attached hydrogens (primary N) is 1. The van der Waals surface area contributed by atoms with Crippen LogP contribution < -0.4 is 5.73 Å². The second-order valence-corrected chi connectivity index (χ2v) is 5.43. The molecule has 0 aliphatic carbocycles. The van der Waals surface area contributed by atoms with E-state index < -0.39 is 0 Å². The third kappa shape index (κ3) is 3.33. The van der Waals surface area contributed by atoms with Gasteiger partial charge in [-0.05, 0) is 43.7 Å². The summed E-state index contributed by atoms with van der Waals surface area (Å²) < 4.78 is 5.85. The third-order valence-electron chi connectivity index (χ3n) is 3.85. The maximum absolute atomic E-state index is 6.29. The summed E-state index contributed by atoms with van der Waals surface area (Å²) in [4.78, 5) is 0. The van der Waals surface area contributed by atoms with E-state index in [0.29, 0.717) is 6.10 Å². The van der Waals surface area contributed by atoms with Crippen molar-refractivity contribution in [2.75, 3.05) is 0 Å². The lowest BCUT2D eigenvalue weighted by atomic mass is 9.98. The minimum Gasteiger partial charge on any atom is -0.373 e. The molecule has 2 nitrogen and oxygen atoms in total. The van der Waals surface area contributed by atoms with E-state index >= 15 is 0 Å². The van der Waals surface area contributed by atoms with Gasteiger partial charge < -0.3 is 10.5 Å². The summed E-state index contributed by atoms with van der Waals surface area (Å²) in [6.07, 6.45) is 6.45. The van der Waals surface area contributed by atoms with Gasteiger partial charge in [-0.15, -0.1) is 0 Å². The van der Waals surface area contributed by atoms with Gasteiger partial charge >= 0.3 is 0 Å². The van der Waals surface area contributed by atoms with Crippen molar-refractivity contribution in [1.29, 1.82) is 0 Å². The molecule has 0 bridgehead atoms. The summed E-state index contributed by atoms with van der Waals surface area (Å²) in [5.74, 6) is 0. The SMILES string of the molecule is CCCCc1ccc(C(N)C2CCC(C)O2)cc1. The van der Waals surface area contributed by atoms with E-state index in [1.807, 2.05) is 0 Å². The summed E-state index contributed by atoms with van der Waals surface area (Å²) in [6, 6.07) is 8.78. The molecule has 0 aromatic heterocycles. The van der Waals surface area contributed by atoms with E-state index in [9.17, 15) is 0 Å². The maximum Gasteiger partial charge on any atom is 0.0772 e. The van der Waals surface area contributed by atoms with Gasteiger partial charge in [0.15, 0.2) is 0 Å². The Bertz CT molecular complexity index is 360. The van der Waals surface area contributed by atoms with E-state index in [1.54, 1.807) is 0 Å². The molecule has 0 radical (unpaired) electrons. The van der Waals surface area contributed by atoms with Gasteiger partial charge in [-0.2, -0.15) is 0 Å². The minimum absolute atomic E-state index is 0.0233. The van der Waals surface area contributed by atoms with Crippen LogP contribution in [0.3, 0.4) is 0 Å². The van der Waals surface area contributed by atoms with Crippen LogP contribution in [0.25, 0.3) is 0 Å².